The molecule has 1 aliphatic heterocycles. The molecule has 0 aliphatic carbocycles. The first-order valence-electron chi connectivity index (χ1n) is 13.7. The molecule has 5 rings (SSSR count). The molecule has 9 heteroatoms. The summed E-state index contributed by atoms with van der Waals surface area (Å²) in [5.74, 6) is -1.13. The normalized spacial score (nSPS) is 12.9. The van der Waals surface area contributed by atoms with Crippen LogP contribution in [0.2, 0.25) is 0 Å². The molecule has 4 aromatic rings. The number of benzene rings is 4. The number of nitrogens with zero attached hydrogens (tertiary/aromatic N) is 2. The van der Waals surface area contributed by atoms with Gasteiger partial charge in [0.05, 0.1) is 25.5 Å². The van der Waals surface area contributed by atoms with Crippen molar-refractivity contribution in [3.8, 4) is 11.5 Å². The number of para-hydroxylation sites is 1. The number of ether oxygens (including phenoxy) is 2. The number of fused-ring (bicyclic) bond motifs is 1. The van der Waals surface area contributed by atoms with Crippen molar-refractivity contribution >= 4 is 34.9 Å². The van der Waals surface area contributed by atoms with Crippen LogP contribution in [0.5, 0.6) is 11.5 Å². The molecule has 218 valence electrons. The molecule has 0 fully saturated rings. The van der Waals surface area contributed by atoms with Crippen LogP contribution in [0.25, 0.3) is 0 Å². The fraction of sp³-hybridized carbons (Fsp3) is 0.176. The van der Waals surface area contributed by atoms with Crippen molar-refractivity contribution in [2.75, 3.05) is 31.0 Å². The van der Waals surface area contributed by atoms with Crippen molar-refractivity contribution in [1.82, 2.24) is 4.90 Å². The van der Waals surface area contributed by atoms with Crippen LogP contribution in [0.15, 0.2) is 97.1 Å². The van der Waals surface area contributed by atoms with Crippen molar-refractivity contribution in [3.05, 3.63) is 119 Å². The minimum atomic E-state index is -1.07. The zero-order valence-corrected chi connectivity index (χ0v) is 24.1. The summed E-state index contributed by atoms with van der Waals surface area (Å²) in [7, 11) is 3.12. The summed E-state index contributed by atoms with van der Waals surface area (Å²) in [6.45, 7) is 1.56. The summed E-state index contributed by atoms with van der Waals surface area (Å²) in [6.07, 6.45) is 0. The van der Waals surface area contributed by atoms with E-state index < -0.39 is 36.1 Å². The Balaban J connectivity index is 1.54. The Kier molecular flexibility index (Phi) is 8.52. The second-order valence-corrected chi connectivity index (χ2v) is 10.1. The molecule has 3 amide bonds. The summed E-state index contributed by atoms with van der Waals surface area (Å²) >= 11 is 0. The molecular weight excluding hydrogens is 546 g/mol. The zero-order valence-electron chi connectivity index (χ0n) is 24.1. The van der Waals surface area contributed by atoms with Gasteiger partial charge in [0, 0.05) is 12.2 Å². The largest absolute Gasteiger partial charge is 0.497 e. The van der Waals surface area contributed by atoms with Crippen LogP contribution in [0, 0.1) is 6.92 Å². The average molecular weight is 578 g/mol. The maximum atomic E-state index is 14.2. The molecule has 0 saturated carbocycles. The lowest BCUT2D eigenvalue weighted by molar-refractivity contribution is -0.139. The second-order valence-electron chi connectivity index (χ2n) is 10.1. The molecule has 0 saturated heterocycles. The van der Waals surface area contributed by atoms with E-state index in [4.69, 9.17) is 9.47 Å². The van der Waals surface area contributed by atoms with Gasteiger partial charge in [0.25, 0.3) is 17.6 Å². The number of carbonyl (C=O) groups excluding carboxylic acids is 4. The number of nitrogens with one attached hydrogen (secondary N) is 1. The quantitative estimate of drug-likeness (QED) is 0.268. The molecule has 0 radical (unpaired) electrons. The van der Waals surface area contributed by atoms with Gasteiger partial charge >= 0.3 is 0 Å². The van der Waals surface area contributed by atoms with Gasteiger partial charge in [0.15, 0.2) is 0 Å². The van der Waals surface area contributed by atoms with Crippen LogP contribution in [0.1, 0.15) is 33.1 Å². The lowest BCUT2D eigenvalue weighted by Gasteiger charge is -2.33. The van der Waals surface area contributed by atoms with Crippen LogP contribution in [-0.2, 0) is 20.9 Å². The van der Waals surface area contributed by atoms with E-state index in [0.717, 1.165) is 11.1 Å². The van der Waals surface area contributed by atoms with Crippen molar-refractivity contribution in [1.29, 1.82) is 0 Å². The van der Waals surface area contributed by atoms with Crippen molar-refractivity contribution < 1.29 is 28.7 Å². The van der Waals surface area contributed by atoms with Gasteiger partial charge in [0.1, 0.15) is 24.1 Å². The second kappa shape index (κ2) is 12.6. The van der Waals surface area contributed by atoms with Crippen LogP contribution in [0.4, 0.5) is 11.4 Å². The van der Waals surface area contributed by atoms with Crippen molar-refractivity contribution in [2.45, 2.75) is 19.5 Å². The number of rotatable bonds is 10. The third-order valence-electron chi connectivity index (χ3n) is 7.32. The highest BCUT2D eigenvalue weighted by Gasteiger charge is 2.39. The molecule has 4 aromatic carbocycles. The van der Waals surface area contributed by atoms with Crippen molar-refractivity contribution in [3.63, 3.8) is 0 Å². The Morgan fingerprint density at radius 3 is 2.05 bits per heavy atom. The number of Topliss-reactive ketones (excluding diaryl/α,β-unsaturated/α-hetero) is 1. The highest BCUT2D eigenvalue weighted by Crippen LogP contribution is 2.31. The maximum Gasteiger partial charge on any atom is 0.299 e. The Morgan fingerprint density at radius 2 is 1.42 bits per heavy atom. The number of aryl methyl sites for hydroxylation is 1. The zero-order chi connectivity index (χ0) is 30.5. The highest BCUT2D eigenvalue weighted by atomic mass is 16.5. The van der Waals surface area contributed by atoms with Crippen molar-refractivity contribution in [2.24, 2.45) is 0 Å². The Labute approximate surface area is 249 Å². The van der Waals surface area contributed by atoms with E-state index in [1.165, 1.54) is 9.80 Å². The number of anilines is 2. The molecule has 1 aliphatic rings. The standard InChI is InChI=1S/C34H31N3O6/c1-22-8-12-24(13-9-22)31(33(40)35-25-14-18-27(43-3)19-15-25)37(20-23-10-16-26(42-2)17-11-23)30(38)21-36-29-7-5-4-6-28(29)32(39)34(36)41/h4-19,31H,20-21H2,1-3H3,(H,35,40). The molecule has 1 heterocycles. The molecule has 9 nitrogen and oxygen atoms in total. The molecule has 1 atom stereocenters. The molecule has 43 heavy (non-hydrogen) atoms. The number of ketones is 1. The van der Waals surface area contributed by atoms with Gasteiger partial charge in [0.2, 0.25) is 5.91 Å². The van der Waals surface area contributed by atoms with Gasteiger partial charge in [-0.15, -0.1) is 0 Å². The predicted octanol–water partition coefficient (Wildman–Crippen LogP) is 4.95. The first-order valence-corrected chi connectivity index (χ1v) is 13.7. The smallest absolute Gasteiger partial charge is 0.299 e. The van der Waals surface area contributed by atoms with E-state index >= 15 is 0 Å². The number of amides is 3. The topological polar surface area (TPSA) is 105 Å². The van der Waals surface area contributed by atoms with Crippen LogP contribution in [-0.4, -0.2) is 49.2 Å². The Morgan fingerprint density at radius 1 is 0.814 bits per heavy atom. The summed E-state index contributed by atoms with van der Waals surface area (Å²) in [4.78, 5) is 56.5. The molecular formula is C34H31N3O6. The molecule has 0 spiro atoms. The maximum absolute atomic E-state index is 14.2. The van der Waals surface area contributed by atoms with Gasteiger partial charge in [-0.1, -0.05) is 54.1 Å². The van der Waals surface area contributed by atoms with Crippen LogP contribution in [0.3, 0.4) is 0 Å². The van der Waals surface area contributed by atoms with Gasteiger partial charge < -0.3 is 19.7 Å². The highest BCUT2D eigenvalue weighted by molar-refractivity contribution is 6.52. The predicted molar refractivity (Wildman–Crippen MR) is 162 cm³/mol. The summed E-state index contributed by atoms with van der Waals surface area (Å²) < 4.78 is 10.5. The minimum absolute atomic E-state index is 0.0506. The van der Waals surface area contributed by atoms with Gasteiger partial charge in [-0.25, -0.2) is 0 Å². The number of hydrogen-bond acceptors (Lipinski definition) is 6. The van der Waals surface area contributed by atoms with Crippen LogP contribution < -0.4 is 19.7 Å². The lowest BCUT2D eigenvalue weighted by Crippen LogP contribution is -2.46. The third kappa shape index (κ3) is 6.25. The Bertz CT molecular complexity index is 1650. The van der Waals surface area contributed by atoms with Gasteiger partial charge in [-0.3, -0.25) is 24.1 Å². The van der Waals surface area contributed by atoms with E-state index in [-0.39, 0.29) is 12.1 Å². The average Bonchev–Trinajstić information content (AvgIpc) is 3.27. The van der Waals surface area contributed by atoms with E-state index in [2.05, 4.69) is 5.32 Å². The number of carbonyl (C=O) groups is 4. The first kappa shape index (κ1) is 29.1. The lowest BCUT2D eigenvalue weighted by atomic mass is 10.0. The van der Waals surface area contributed by atoms with Gasteiger partial charge in [-0.05, 0) is 66.6 Å². The molecule has 0 aromatic heterocycles. The van der Waals surface area contributed by atoms with E-state index in [1.807, 2.05) is 43.3 Å². The van der Waals surface area contributed by atoms with E-state index in [1.54, 1.807) is 74.9 Å². The monoisotopic (exact) mass is 577 g/mol. The fourth-order valence-electron chi connectivity index (χ4n) is 4.99. The number of hydrogen-bond donors (Lipinski definition) is 1. The summed E-state index contributed by atoms with van der Waals surface area (Å²) in [5.41, 5.74) is 3.45. The summed E-state index contributed by atoms with van der Waals surface area (Å²) in [5, 5.41) is 2.93. The molecule has 0 bridgehead atoms. The third-order valence-corrected chi connectivity index (χ3v) is 7.32. The minimum Gasteiger partial charge on any atom is -0.497 e. The molecule has 1 unspecified atom stereocenters. The number of methoxy groups -OCH3 is 2. The Hall–Kier alpha value is -5.44. The van der Waals surface area contributed by atoms with Gasteiger partial charge in [-0.2, -0.15) is 0 Å². The van der Waals surface area contributed by atoms with Crippen LogP contribution >= 0.6 is 0 Å². The van der Waals surface area contributed by atoms with E-state index in [9.17, 15) is 19.2 Å². The summed E-state index contributed by atoms with van der Waals surface area (Å²) in [6, 6.07) is 26.9. The first-order chi connectivity index (χ1) is 20.8. The molecule has 1 N–H and O–H groups in total. The fourth-order valence-corrected chi connectivity index (χ4v) is 4.99. The SMILES string of the molecule is COc1ccc(CN(C(=O)CN2C(=O)C(=O)c3ccccc32)C(C(=O)Nc2ccc(OC)cc2)c2ccc(C)cc2)cc1. The van der Waals surface area contributed by atoms with E-state index in [0.29, 0.717) is 28.4 Å².